The number of nitrogens with one attached hydrogen (secondary N) is 1. The molecule has 0 saturated carbocycles. The first-order valence-electron chi connectivity index (χ1n) is 10.4. The summed E-state index contributed by atoms with van der Waals surface area (Å²) >= 11 is 0. The van der Waals surface area contributed by atoms with Crippen molar-refractivity contribution in [3.63, 3.8) is 0 Å². The van der Waals surface area contributed by atoms with Gasteiger partial charge in [0.15, 0.2) is 0 Å². The summed E-state index contributed by atoms with van der Waals surface area (Å²) in [5.41, 5.74) is 4.71. The highest BCUT2D eigenvalue weighted by Crippen LogP contribution is 2.33. The SMILES string of the molecule is Cc1[nH]c2ccc(C3CCN(C(C)C)C3)cc2c1C(=O)OC(C)c1ccncc1. The van der Waals surface area contributed by atoms with E-state index in [-0.39, 0.29) is 12.1 Å². The van der Waals surface area contributed by atoms with E-state index in [1.165, 1.54) is 5.56 Å². The Morgan fingerprint density at radius 2 is 1.97 bits per heavy atom. The maximum Gasteiger partial charge on any atom is 0.341 e. The Hall–Kier alpha value is -2.66. The van der Waals surface area contributed by atoms with E-state index in [4.69, 9.17) is 4.74 Å². The predicted molar refractivity (Wildman–Crippen MR) is 115 cm³/mol. The number of carbonyl (C=O) groups is 1. The van der Waals surface area contributed by atoms with Crippen LogP contribution in [0.2, 0.25) is 0 Å². The highest BCUT2D eigenvalue weighted by atomic mass is 16.5. The molecule has 0 amide bonds. The van der Waals surface area contributed by atoms with E-state index in [0.29, 0.717) is 17.5 Å². The fourth-order valence-corrected chi connectivity index (χ4v) is 4.31. The molecule has 1 aromatic carbocycles. The number of rotatable bonds is 5. The normalized spacial score (nSPS) is 18.4. The van der Waals surface area contributed by atoms with Crippen LogP contribution in [0.5, 0.6) is 0 Å². The molecule has 4 rings (SSSR count). The third kappa shape index (κ3) is 3.92. The Kier molecular flexibility index (Phi) is 5.41. The summed E-state index contributed by atoms with van der Waals surface area (Å²) in [4.78, 5) is 22.9. The van der Waals surface area contributed by atoms with Crippen LogP contribution in [0.25, 0.3) is 10.9 Å². The lowest BCUT2D eigenvalue weighted by molar-refractivity contribution is 0.0339. The molecule has 2 atom stereocenters. The molecule has 5 heteroatoms. The molecule has 1 aliphatic heterocycles. The number of aryl methyl sites for hydroxylation is 1. The number of benzene rings is 1. The van der Waals surface area contributed by atoms with Gasteiger partial charge >= 0.3 is 5.97 Å². The molecule has 1 N–H and O–H groups in total. The molecule has 0 spiro atoms. The number of likely N-dealkylation sites (tertiary alicyclic amines) is 1. The van der Waals surface area contributed by atoms with E-state index in [1.807, 2.05) is 26.0 Å². The van der Waals surface area contributed by atoms with Crippen molar-refractivity contribution in [2.24, 2.45) is 0 Å². The van der Waals surface area contributed by atoms with Crippen molar-refractivity contribution in [3.8, 4) is 0 Å². The molecular formula is C24H29N3O2. The number of aromatic amines is 1. The third-order valence-corrected chi connectivity index (χ3v) is 6.09. The third-order valence-electron chi connectivity index (χ3n) is 6.09. The van der Waals surface area contributed by atoms with Crippen LogP contribution in [0.15, 0.2) is 42.7 Å². The Morgan fingerprint density at radius 1 is 1.21 bits per heavy atom. The number of H-pyrrole nitrogens is 1. The molecule has 2 unspecified atom stereocenters. The van der Waals surface area contributed by atoms with Gasteiger partial charge < -0.3 is 14.6 Å². The standard InChI is InChI=1S/C24H29N3O2/c1-15(2)27-12-9-20(14-27)19-5-6-22-21(13-19)23(16(3)26-22)24(28)29-17(4)18-7-10-25-11-8-18/h5-8,10-11,13,15,17,20,26H,9,12,14H2,1-4H3. The van der Waals surface area contributed by atoms with Crippen LogP contribution in [-0.4, -0.2) is 40.0 Å². The van der Waals surface area contributed by atoms with Gasteiger partial charge in [-0.25, -0.2) is 4.79 Å². The van der Waals surface area contributed by atoms with Gasteiger partial charge in [-0.1, -0.05) is 6.07 Å². The molecule has 152 valence electrons. The Bertz CT molecular complexity index is 1010. The number of nitrogens with zero attached hydrogens (tertiary/aromatic N) is 2. The summed E-state index contributed by atoms with van der Waals surface area (Å²) in [6, 6.07) is 10.8. The van der Waals surface area contributed by atoms with Crippen LogP contribution in [0.4, 0.5) is 0 Å². The number of esters is 1. The molecule has 3 aromatic rings. The predicted octanol–water partition coefficient (Wildman–Crippen LogP) is 4.99. The average molecular weight is 392 g/mol. The van der Waals surface area contributed by atoms with Gasteiger partial charge in [0.1, 0.15) is 6.10 Å². The Labute approximate surface area is 172 Å². The topological polar surface area (TPSA) is 58.2 Å². The zero-order chi connectivity index (χ0) is 20.5. The maximum absolute atomic E-state index is 13.0. The van der Waals surface area contributed by atoms with Gasteiger partial charge in [-0.15, -0.1) is 0 Å². The molecular weight excluding hydrogens is 362 g/mol. The summed E-state index contributed by atoms with van der Waals surface area (Å²) in [6.45, 7) is 10.5. The largest absolute Gasteiger partial charge is 0.454 e. The Morgan fingerprint density at radius 3 is 2.66 bits per heavy atom. The summed E-state index contributed by atoms with van der Waals surface area (Å²) in [5.74, 6) is 0.224. The summed E-state index contributed by atoms with van der Waals surface area (Å²) in [5, 5.41) is 0.954. The second-order valence-electron chi connectivity index (χ2n) is 8.33. The van der Waals surface area contributed by atoms with Crippen molar-refractivity contribution in [1.82, 2.24) is 14.9 Å². The molecule has 2 aromatic heterocycles. The minimum absolute atomic E-state index is 0.287. The first-order chi connectivity index (χ1) is 13.9. The van der Waals surface area contributed by atoms with E-state index in [0.717, 1.165) is 41.7 Å². The van der Waals surface area contributed by atoms with E-state index in [2.05, 4.69) is 46.9 Å². The van der Waals surface area contributed by atoms with Gasteiger partial charge in [0, 0.05) is 41.6 Å². The van der Waals surface area contributed by atoms with Crippen molar-refractivity contribution < 1.29 is 9.53 Å². The van der Waals surface area contributed by atoms with Crippen molar-refractivity contribution in [1.29, 1.82) is 0 Å². The second kappa shape index (κ2) is 7.99. The quantitative estimate of drug-likeness (QED) is 0.623. The summed E-state index contributed by atoms with van der Waals surface area (Å²) in [7, 11) is 0. The van der Waals surface area contributed by atoms with Crippen LogP contribution in [0.1, 0.15) is 66.4 Å². The van der Waals surface area contributed by atoms with Gasteiger partial charge in [-0.05, 0) is 82.0 Å². The number of pyridine rings is 1. The van der Waals surface area contributed by atoms with Gasteiger partial charge in [0.05, 0.1) is 5.56 Å². The number of fused-ring (bicyclic) bond motifs is 1. The molecule has 1 saturated heterocycles. The van der Waals surface area contributed by atoms with Crippen LogP contribution < -0.4 is 0 Å². The molecule has 0 radical (unpaired) electrons. The number of carbonyl (C=O) groups excluding carboxylic acids is 1. The molecule has 1 fully saturated rings. The van der Waals surface area contributed by atoms with Crippen molar-refractivity contribution in [2.45, 2.75) is 52.2 Å². The molecule has 5 nitrogen and oxygen atoms in total. The highest BCUT2D eigenvalue weighted by molar-refractivity contribution is 6.05. The number of aromatic nitrogens is 2. The van der Waals surface area contributed by atoms with E-state index < -0.39 is 0 Å². The van der Waals surface area contributed by atoms with Crippen LogP contribution >= 0.6 is 0 Å². The first-order valence-corrected chi connectivity index (χ1v) is 10.4. The fraction of sp³-hybridized carbons (Fsp3) is 0.417. The lowest BCUT2D eigenvalue weighted by Gasteiger charge is -2.20. The van der Waals surface area contributed by atoms with Crippen LogP contribution in [0, 0.1) is 6.92 Å². The maximum atomic E-state index is 13.0. The minimum Gasteiger partial charge on any atom is -0.454 e. The van der Waals surface area contributed by atoms with Gasteiger partial charge in [-0.3, -0.25) is 4.98 Å². The minimum atomic E-state index is -0.326. The van der Waals surface area contributed by atoms with Gasteiger partial charge in [0.25, 0.3) is 0 Å². The van der Waals surface area contributed by atoms with E-state index >= 15 is 0 Å². The first kappa shape index (κ1) is 19.6. The Balaban J connectivity index is 1.61. The summed E-state index contributed by atoms with van der Waals surface area (Å²) in [6.07, 6.45) is 4.26. The zero-order valence-corrected chi connectivity index (χ0v) is 17.6. The molecule has 1 aliphatic rings. The summed E-state index contributed by atoms with van der Waals surface area (Å²) < 4.78 is 5.79. The second-order valence-corrected chi connectivity index (χ2v) is 8.33. The molecule has 0 aliphatic carbocycles. The highest BCUT2D eigenvalue weighted by Gasteiger charge is 2.27. The van der Waals surface area contributed by atoms with Crippen molar-refractivity contribution in [2.75, 3.05) is 13.1 Å². The lowest BCUT2D eigenvalue weighted by Crippen LogP contribution is -2.27. The number of ether oxygens (including phenoxy) is 1. The van der Waals surface area contributed by atoms with E-state index in [1.54, 1.807) is 12.4 Å². The van der Waals surface area contributed by atoms with E-state index in [9.17, 15) is 4.79 Å². The number of hydrogen-bond acceptors (Lipinski definition) is 4. The average Bonchev–Trinajstić information content (AvgIpc) is 3.32. The van der Waals surface area contributed by atoms with Gasteiger partial charge in [-0.2, -0.15) is 0 Å². The van der Waals surface area contributed by atoms with Crippen LogP contribution in [-0.2, 0) is 4.74 Å². The monoisotopic (exact) mass is 391 g/mol. The molecule has 29 heavy (non-hydrogen) atoms. The smallest absolute Gasteiger partial charge is 0.341 e. The molecule has 3 heterocycles. The number of hydrogen-bond donors (Lipinski definition) is 1. The van der Waals surface area contributed by atoms with Crippen molar-refractivity contribution in [3.05, 3.63) is 65.1 Å². The van der Waals surface area contributed by atoms with Crippen LogP contribution in [0.3, 0.4) is 0 Å². The molecule has 0 bridgehead atoms. The van der Waals surface area contributed by atoms with Gasteiger partial charge in [0.2, 0.25) is 0 Å². The zero-order valence-electron chi connectivity index (χ0n) is 17.6. The van der Waals surface area contributed by atoms with Crippen molar-refractivity contribution >= 4 is 16.9 Å². The lowest BCUT2D eigenvalue weighted by atomic mass is 9.96. The fourth-order valence-electron chi connectivity index (χ4n) is 4.31.